The van der Waals surface area contributed by atoms with Gasteiger partial charge in [-0.1, -0.05) is 13.3 Å². The van der Waals surface area contributed by atoms with Gasteiger partial charge in [0, 0.05) is 39.9 Å². The van der Waals surface area contributed by atoms with E-state index in [0.717, 1.165) is 22.7 Å². The van der Waals surface area contributed by atoms with Crippen molar-refractivity contribution in [3.05, 3.63) is 62.9 Å². The molecule has 0 spiro atoms. The largest absolute Gasteiger partial charge is 0.469 e. The van der Waals surface area contributed by atoms with Gasteiger partial charge >= 0.3 is 52.0 Å². The van der Waals surface area contributed by atoms with Crippen LogP contribution in [0.25, 0.3) is 0 Å². The van der Waals surface area contributed by atoms with Crippen LogP contribution in [0.1, 0.15) is 45.4 Å². The van der Waals surface area contributed by atoms with E-state index in [1.165, 1.54) is 7.11 Å². The number of unbranched alkanes of at least 4 members (excludes halogenated alkanes) is 1. The Morgan fingerprint density at radius 3 is 1.29 bits per heavy atom. The van der Waals surface area contributed by atoms with Crippen LogP contribution in [0.4, 0.5) is 0 Å². The number of carbonyl (C=O) groups is 3. The molecule has 0 saturated heterocycles. The van der Waals surface area contributed by atoms with Crippen LogP contribution < -0.4 is 34.1 Å². The maximum absolute atomic E-state index is 13.1. The van der Waals surface area contributed by atoms with E-state index < -0.39 is 91.3 Å². The molecule has 0 atom stereocenters. The summed E-state index contributed by atoms with van der Waals surface area (Å²) < 4.78 is 23.7. The smallest absolute Gasteiger partial charge is 0.336 e. The Labute approximate surface area is 272 Å². The summed E-state index contributed by atoms with van der Waals surface area (Å²) >= 11 is 0. The third kappa shape index (κ3) is 10.6. The number of aromatic nitrogens is 6. The van der Waals surface area contributed by atoms with Crippen molar-refractivity contribution >= 4 is 17.9 Å². The standard InChI is InChI=1S/C28H42N6O14/c1-4-5-17-47-21(37)8-12-31-25(41)30(11-7-20(36)46-3)26(42)32(27(31)43)13-9-22(38)48-19-15-34-24(40)29(10-6-16-35)23(39)33(28(34)44)14-18-45-2/h35H,4-19H2,1-3H3. The van der Waals surface area contributed by atoms with Gasteiger partial charge in [-0.15, -0.1) is 0 Å². The summed E-state index contributed by atoms with van der Waals surface area (Å²) in [4.78, 5) is 114. The van der Waals surface area contributed by atoms with Crippen molar-refractivity contribution in [3.63, 3.8) is 0 Å². The zero-order valence-electron chi connectivity index (χ0n) is 27.3. The normalized spacial score (nSPS) is 11.0. The lowest BCUT2D eigenvalue weighted by atomic mass is 10.3. The number of hydrogen-bond donors (Lipinski definition) is 1. The summed E-state index contributed by atoms with van der Waals surface area (Å²) in [7, 11) is 2.47. The number of aliphatic hydroxyl groups is 1. The molecule has 20 heteroatoms. The first-order chi connectivity index (χ1) is 22.9. The quantitative estimate of drug-likeness (QED) is 0.0766. The molecule has 0 aliphatic heterocycles. The van der Waals surface area contributed by atoms with Gasteiger partial charge in [0.25, 0.3) is 0 Å². The van der Waals surface area contributed by atoms with Gasteiger partial charge < -0.3 is 24.1 Å². The lowest BCUT2D eigenvalue weighted by Gasteiger charge is -2.14. The minimum absolute atomic E-state index is 0.0114. The van der Waals surface area contributed by atoms with Crippen molar-refractivity contribution in [2.45, 2.75) is 84.7 Å². The summed E-state index contributed by atoms with van der Waals surface area (Å²) in [5, 5.41) is 9.14. The molecule has 268 valence electrons. The molecular formula is C28H42N6O14. The molecule has 2 heterocycles. The van der Waals surface area contributed by atoms with Gasteiger partial charge in [0.05, 0.1) is 52.7 Å². The van der Waals surface area contributed by atoms with Gasteiger partial charge in [0.15, 0.2) is 0 Å². The monoisotopic (exact) mass is 686 g/mol. The lowest BCUT2D eigenvalue weighted by molar-refractivity contribution is -0.145. The second-order valence-electron chi connectivity index (χ2n) is 10.3. The lowest BCUT2D eigenvalue weighted by Crippen LogP contribution is -2.55. The Balaban J connectivity index is 2.26. The molecule has 0 aliphatic carbocycles. The summed E-state index contributed by atoms with van der Waals surface area (Å²) in [5.41, 5.74) is -6.12. The first-order valence-electron chi connectivity index (χ1n) is 15.3. The average Bonchev–Trinajstić information content (AvgIpc) is 3.06. The van der Waals surface area contributed by atoms with Crippen molar-refractivity contribution in [1.82, 2.24) is 27.4 Å². The maximum atomic E-state index is 13.1. The fourth-order valence-electron chi connectivity index (χ4n) is 4.36. The van der Waals surface area contributed by atoms with Gasteiger partial charge in [0.1, 0.15) is 6.61 Å². The Hall–Kier alpha value is -4.85. The number of rotatable bonds is 21. The van der Waals surface area contributed by atoms with Crippen LogP contribution in [0.2, 0.25) is 0 Å². The molecule has 0 bridgehead atoms. The third-order valence-corrected chi connectivity index (χ3v) is 7.01. The molecular weight excluding hydrogens is 644 g/mol. The van der Waals surface area contributed by atoms with Crippen molar-refractivity contribution in [2.75, 3.05) is 40.6 Å². The Morgan fingerprint density at radius 2 is 0.896 bits per heavy atom. The highest BCUT2D eigenvalue weighted by Crippen LogP contribution is 1.95. The third-order valence-electron chi connectivity index (χ3n) is 7.01. The zero-order valence-corrected chi connectivity index (χ0v) is 27.3. The minimum atomic E-state index is -1.11. The molecule has 48 heavy (non-hydrogen) atoms. The highest BCUT2D eigenvalue weighted by atomic mass is 16.5. The van der Waals surface area contributed by atoms with Crippen molar-refractivity contribution in [3.8, 4) is 0 Å². The molecule has 0 aliphatic rings. The van der Waals surface area contributed by atoms with Gasteiger partial charge in [-0.3, -0.25) is 14.4 Å². The number of nitrogens with zero attached hydrogens (tertiary/aromatic N) is 6. The fourth-order valence-corrected chi connectivity index (χ4v) is 4.36. The molecule has 2 aromatic rings. The highest BCUT2D eigenvalue weighted by Gasteiger charge is 2.20. The number of hydrogen-bond acceptors (Lipinski definition) is 14. The van der Waals surface area contributed by atoms with E-state index in [4.69, 9.17) is 19.3 Å². The maximum Gasteiger partial charge on any atom is 0.336 e. The van der Waals surface area contributed by atoms with Crippen LogP contribution in [0.3, 0.4) is 0 Å². The molecule has 2 aromatic heterocycles. The van der Waals surface area contributed by atoms with Crippen molar-refractivity contribution < 1.29 is 38.4 Å². The summed E-state index contributed by atoms with van der Waals surface area (Å²) in [6, 6.07) is 0. The molecule has 0 aromatic carbocycles. The van der Waals surface area contributed by atoms with Gasteiger partial charge in [0.2, 0.25) is 0 Å². The zero-order chi connectivity index (χ0) is 35.8. The Bertz CT molecular complexity index is 1730. The van der Waals surface area contributed by atoms with Crippen LogP contribution >= 0.6 is 0 Å². The average molecular weight is 687 g/mol. The number of esters is 3. The number of ether oxygens (including phenoxy) is 4. The second kappa shape index (κ2) is 19.7. The molecule has 20 nitrogen and oxygen atoms in total. The van der Waals surface area contributed by atoms with E-state index in [1.54, 1.807) is 0 Å². The number of methoxy groups -OCH3 is 2. The van der Waals surface area contributed by atoms with E-state index in [1.807, 2.05) is 6.92 Å². The predicted octanol–water partition coefficient (Wildman–Crippen LogP) is -3.38. The topological polar surface area (TPSA) is 240 Å². The molecule has 0 saturated carbocycles. The summed E-state index contributed by atoms with van der Waals surface area (Å²) in [5.74, 6) is -2.35. The summed E-state index contributed by atoms with van der Waals surface area (Å²) in [6.07, 6.45) is 0.144. The molecule has 0 radical (unpaired) electrons. The first kappa shape index (κ1) is 39.3. The minimum Gasteiger partial charge on any atom is -0.469 e. The van der Waals surface area contributed by atoms with Gasteiger partial charge in [-0.2, -0.15) is 0 Å². The Kier molecular flexibility index (Phi) is 16.2. The van der Waals surface area contributed by atoms with Crippen LogP contribution in [-0.2, 0) is 72.6 Å². The second-order valence-corrected chi connectivity index (χ2v) is 10.3. The summed E-state index contributed by atoms with van der Waals surface area (Å²) in [6.45, 7) is -1.02. The van der Waals surface area contributed by atoms with Gasteiger partial charge in [-0.25, -0.2) is 56.2 Å². The van der Waals surface area contributed by atoms with E-state index in [0.29, 0.717) is 24.7 Å². The molecule has 0 fully saturated rings. The van der Waals surface area contributed by atoms with E-state index >= 15 is 0 Å². The van der Waals surface area contributed by atoms with Crippen LogP contribution in [0, 0.1) is 0 Å². The predicted molar refractivity (Wildman–Crippen MR) is 165 cm³/mol. The molecule has 1 N–H and O–H groups in total. The molecule has 2 rings (SSSR count). The van der Waals surface area contributed by atoms with Gasteiger partial charge in [-0.05, 0) is 12.8 Å². The highest BCUT2D eigenvalue weighted by molar-refractivity contribution is 5.69. The molecule has 0 amide bonds. The van der Waals surface area contributed by atoms with Crippen molar-refractivity contribution in [1.29, 1.82) is 0 Å². The number of carbonyl (C=O) groups excluding carboxylic acids is 3. The van der Waals surface area contributed by atoms with E-state index in [2.05, 4.69) is 4.74 Å². The number of aliphatic hydroxyl groups excluding tert-OH is 1. The fraction of sp³-hybridized carbons (Fsp3) is 0.679. The molecule has 0 unspecified atom stereocenters. The first-order valence-corrected chi connectivity index (χ1v) is 15.3. The van der Waals surface area contributed by atoms with Crippen LogP contribution in [0.15, 0.2) is 28.8 Å². The van der Waals surface area contributed by atoms with Crippen LogP contribution in [0.5, 0.6) is 0 Å². The van der Waals surface area contributed by atoms with E-state index in [-0.39, 0.29) is 52.2 Å². The van der Waals surface area contributed by atoms with Crippen molar-refractivity contribution in [2.24, 2.45) is 0 Å². The van der Waals surface area contributed by atoms with Crippen LogP contribution in [-0.4, -0.2) is 91.1 Å². The Morgan fingerprint density at radius 1 is 0.521 bits per heavy atom. The SMILES string of the molecule is CCCCOC(=O)CCn1c(=O)n(CCC(=O)OC)c(=O)n(CCC(=O)OCCn2c(=O)n(CCCO)c(=O)n(CCOC)c2=O)c1=O. The van der Waals surface area contributed by atoms with E-state index in [9.17, 15) is 43.2 Å².